The lowest BCUT2D eigenvalue weighted by Gasteiger charge is -2.32. The zero-order valence-corrected chi connectivity index (χ0v) is 14.8. The molecule has 2 aromatic heterocycles. The Morgan fingerprint density at radius 3 is 2.92 bits per heavy atom. The maximum Gasteiger partial charge on any atom is 0.251 e. The number of rotatable bonds is 4. The third-order valence-electron chi connectivity index (χ3n) is 4.57. The first kappa shape index (κ1) is 17.3. The molecule has 0 bridgehead atoms. The van der Waals surface area contributed by atoms with Crippen LogP contribution in [0.5, 0.6) is 0 Å². The molecule has 1 N–H and O–H groups in total. The van der Waals surface area contributed by atoms with Crippen molar-refractivity contribution in [3.63, 3.8) is 0 Å². The third kappa shape index (κ3) is 3.96. The van der Waals surface area contributed by atoms with Gasteiger partial charge in [0.25, 0.3) is 5.56 Å². The summed E-state index contributed by atoms with van der Waals surface area (Å²) in [4.78, 5) is 32.9. The fourth-order valence-corrected chi connectivity index (χ4v) is 3.01. The summed E-state index contributed by atoms with van der Waals surface area (Å²) >= 11 is 0. The molecule has 0 aromatic carbocycles. The summed E-state index contributed by atoms with van der Waals surface area (Å²) in [5.41, 5.74) is 2.53. The number of ether oxygens (including phenoxy) is 1. The summed E-state index contributed by atoms with van der Waals surface area (Å²) in [7, 11) is 1.89. The highest BCUT2D eigenvalue weighted by Crippen LogP contribution is 2.20. The SMILES string of the molecule is Cc1nc([C@@H]2CN(C(=O)CCc3cnn(C)c3C)CCO2)cc(=O)[nH]1. The summed E-state index contributed by atoms with van der Waals surface area (Å²) in [5.74, 6) is 0.625. The first-order valence-corrected chi connectivity index (χ1v) is 8.38. The van der Waals surface area contributed by atoms with E-state index in [0.29, 0.717) is 44.1 Å². The Hall–Kier alpha value is -2.48. The zero-order chi connectivity index (χ0) is 18.0. The van der Waals surface area contributed by atoms with Crippen LogP contribution < -0.4 is 5.56 Å². The van der Waals surface area contributed by atoms with Crippen molar-refractivity contribution >= 4 is 5.91 Å². The summed E-state index contributed by atoms with van der Waals surface area (Å²) in [6.45, 7) is 5.14. The summed E-state index contributed by atoms with van der Waals surface area (Å²) in [5, 5.41) is 4.21. The molecule has 3 rings (SSSR count). The predicted molar refractivity (Wildman–Crippen MR) is 91.1 cm³/mol. The Balaban J connectivity index is 1.63. The van der Waals surface area contributed by atoms with Crippen molar-refractivity contribution in [2.45, 2.75) is 32.8 Å². The molecule has 1 fully saturated rings. The molecule has 0 unspecified atom stereocenters. The molecule has 2 aromatic rings. The topological polar surface area (TPSA) is 93.1 Å². The second kappa shape index (κ2) is 7.18. The van der Waals surface area contributed by atoms with Gasteiger partial charge in [-0.2, -0.15) is 5.10 Å². The number of hydrogen-bond acceptors (Lipinski definition) is 5. The minimum absolute atomic E-state index is 0.0816. The molecule has 1 atom stereocenters. The lowest BCUT2D eigenvalue weighted by Crippen LogP contribution is -2.42. The number of carbonyl (C=O) groups is 1. The van der Waals surface area contributed by atoms with E-state index in [-0.39, 0.29) is 17.6 Å². The van der Waals surface area contributed by atoms with Gasteiger partial charge in [0, 0.05) is 31.8 Å². The fourth-order valence-electron chi connectivity index (χ4n) is 3.01. The number of hydrogen-bond donors (Lipinski definition) is 1. The van der Waals surface area contributed by atoms with E-state index < -0.39 is 0 Å². The van der Waals surface area contributed by atoms with Crippen LogP contribution in [-0.2, 0) is 23.0 Å². The van der Waals surface area contributed by atoms with Crippen LogP contribution in [0.2, 0.25) is 0 Å². The van der Waals surface area contributed by atoms with Gasteiger partial charge in [0.05, 0.1) is 25.0 Å². The van der Waals surface area contributed by atoms with Gasteiger partial charge in [-0.05, 0) is 25.8 Å². The number of aromatic amines is 1. The standard InChI is InChI=1S/C17H23N5O3/c1-11-13(9-18-21(11)3)4-5-17(24)22-6-7-25-15(10-22)14-8-16(23)20-12(2)19-14/h8-9,15H,4-7,10H2,1-3H3,(H,19,20,23)/t15-/m0/s1. The summed E-state index contributed by atoms with van der Waals surface area (Å²) < 4.78 is 7.53. The highest BCUT2D eigenvalue weighted by atomic mass is 16.5. The van der Waals surface area contributed by atoms with E-state index in [1.165, 1.54) is 6.07 Å². The zero-order valence-electron chi connectivity index (χ0n) is 14.8. The molecule has 8 heteroatoms. The van der Waals surface area contributed by atoms with Crippen molar-refractivity contribution in [3.8, 4) is 0 Å². The second-order valence-electron chi connectivity index (χ2n) is 6.33. The fraction of sp³-hybridized carbons (Fsp3) is 0.529. The minimum atomic E-state index is -0.362. The highest BCUT2D eigenvalue weighted by molar-refractivity contribution is 5.76. The molecule has 1 aliphatic heterocycles. The van der Waals surface area contributed by atoms with Gasteiger partial charge < -0.3 is 14.6 Å². The molecule has 0 spiro atoms. The number of amides is 1. The molecule has 1 saturated heterocycles. The number of nitrogens with zero attached hydrogens (tertiary/aromatic N) is 4. The summed E-state index contributed by atoms with van der Waals surface area (Å²) in [6, 6.07) is 1.44. The molecular formula is C17H23N5O3. The van der Waals surface area contributed by atoms with E-state index >= 15 is 0 Å². The first-order valence-electron chi connectivity index (χ1n) is 8.38. The van der Waals surface area contributed by atoms with Gasteiger partial charge in [0.1, 0.15) is 11.9 Å². The van der Waals surface area contributed by atoms with Crippen LogP contribution >= 0.6 is 0 Å². The van der Waals surface area contributed by atoms with Crippen LogP contribution in [-0.4, -0.2) is 50.3 Å². The van der Waals surface area contributed by atoms with Crippen LogP contribution in [0, 0.1) is 13.8 Å². The van der Waals surface area contributed by atoms with Crippen LogP contribution in [0.1, 0.15) is 35.3 Å². The molecule has 1 amide bonds. The van der Waals surface area contributed by atoms with Crippen molar-refractivity contribution in [3.05, 3.63) is 45.4 Å². The Bertz CT molecular complexity index is 826. The maximum absolute atomic E-state index is 12.6. The third-order valence-corrected chi connectivity index (χ3v) is 4.57. The van der Waals surface area contributed by atoms with Crippen LogP contribution in [0.3, 0.4) is 0 Å². The van der Waals surface area contributed by atoms with Crippen molar-refractivity contribution in [1.82, 2.24) is 24.6 Å². The number of nitrogens with one attached hydrogen (secondary N) is 1. The highest BCUT2D eigenvalue weighted by Gasteiger charge is 2.26. The van der Waals surface area contributed by atoms with E-state index in [2.05, 4.69) is 15.1 Å². The lowest BCUT2D eigenvalue weighted by molar-refractivity contribution is -0.139. The van der Waals surface area contributed by atoms with Crippen LogP contribution in [0.25, 0.3) is 0 Å². The maximum atomic E-state index is 12.6. The van der Waals surface area contributed by atoms with E-state index in [1.807, 2.05) is 24.9 Å². The molecule has 134 valence electrons. The quantitative estimate of drug-likeness (QED) is 0.878. The normalized spacial score (nSPS) is 17.7. The number of aryl methyl sites for hydroxylation is 3. The lowest BCUT2D eigenvalue weighted by atomic mass is 10.1. The Morgan fingerprint density at radius 1 is 1.44 bits per heavy atom. The van der Waals surface area contributed by atoms with Crippen molar-refractivity contribution in [2.24, 2.45) is 7.05 Å². The largest absolute Gasteiger partial charge is 0.368 e. The van der Waals surface area contributed by atoms with E-state index in [1.54, 1.807) is 11.8 Å². The van der Waals surface area contributed by atoms with E-state index in [4.69, 9.17) is 4.74 Å². The number of aromatic nitrogens is 4. The molecule has 3 heterocycles. The predicted octanol–water partition coefficient (Wildman–Crippen LogP) is 0.653. The van der Waals surface area contributed by atoms with Crippen LogP contribution in [0.15, 0.2) is 17.1 Å². The number of carbonyl (C=O) groups excluding carboxylic acids is 1. The molecular weight excluding hydrogens is 322 g/mol. The van der Waals surface area contributed by atoms with Gasteiger partial charge in [-0.1, -0.05) is 0 Å². The summed E-state index contributed by atoms with van der Waals surface area (Å²) in [6.07, 6.45) is 2.55. The van der Waals surface area contributed by atoms with Crippen molar-refractivity contribution in [1.29, 1.82) is 0 Å². The van der Waals surface area contributed by atoms with Crippen molar-refractivity contribution < 1.29 is 9.53 Å². The number of morpholine rings is 1. The van der Waals surface area contributed by atoms with Gasteiger partial charge >= 0.3 is 0 Å². The van der Waals surface area contributed by atoms with Crippen LogP contribution in [0.4, 0.5) is 0 Å². The van der Waals surface area contributed by atoms with E-state index in [0.717, 1.165) is 11.3 Å². The monoisotopic (exact) mass is 345 g/mol. The van der Waals surface area contributed by atoms with Crippen molar-refractivity contribution in [2.75, 3.05) is 19.7 Å². The molecule has 1 aliphatic rings. The molecule has 0 aliphatic carbocycles. The Morgan fingerprint density at radius 2 is 2.24 bits per heavy atom. The van der Waals surface area contributed by atoms with Gasteiger partial charge in [-0.15, -0.1) is 0 Å². The Kier molecular flexibility index (Phi) is 4.98. The van der Waals surface area contributed by atoms with Gasteiger partial charge in [-0.3, -0.25) is 14.3 Å². The van der Waals surface area contributed by atoms with Gasteiger partial charge in [0.2, 0.25) is 5.91 Å². The van der Waals surface area contributed by atoms with E-state index in [9.17, 15) is 9.59 Å². The smallest absolute Gasteiger partial charge is 0.251 e. The molecule has 0 saturated carbocycles. The van der Waals surface area contributed by atoms with Gasteiger partial charge in [0.15, 0.2) is 0 Å². The average Bonchev–Trinajstić information content (AvgIpc) is 2.91. The molecule has 0 radical (unpaired) electrons. The first-order chi connectivity index (χ1) is 11.9. The molecule has 8 nitrogen and oxygen atoms in total. The second-order valence-corrected chi connectivity index (χ2v) is 6.33. The Labute approximate surface area is 145 Å². The minimum Gasteiger partial charge on any atom is -0.368 e. The molecule has 25 heavy (non-hydrogen) atoms. The number of H-pyrrole nitrogens is 1. The van der Waals surface area contributed by atoms with Gasteiger partial charge in [-0.25, -0.2) is 4.98 Å². The average molecular weight is 345 g/mol.